The van der Waals surface area contributed by atoms with Crippen LogP contribution in [0, 0.1) is 17.8 Å². The van der Waals surface area contributed by atoms with Gasteiger partial charge in [-0.25, -0.2) is 0 Å². The summed E-state index contributed by atoms with van der Waals surface area (Å²) in [6.07, 6.45) is 7.57. The number of nitrogens with one attached hydrogen (secondary N) is 1. The highest BCUT2D eigenvalue weighted by atomic mass is 16.5. The lowest BCUT2D eigenvalue weighted by Crippen LogP contribution is -2.33. The van der Waals surface area contributed by atoms with Crippen LogP contribution in [0.2, 0.25) is 0 Å². The molecule has 0 aromatic rings. The number of rotatable bonds is 6. The molecular formula is C14H21NO3. The molecule has 1 N–H and O–H groups in total. The number of hydrogen-bond acceptors (Lipinski definition) is 3. The third-order valence-corrected chi connectivity index (χ3v) is 3.78. The van der Waals surface area contributed by atoms with Crippen LogP contribution in [-0.4, -0.2) is 25.0 Å². The Hall–Kier alpha value is -1.32. The first-order valence-corrected chi connectivity index (χ1v) is 6.82. The molecule has 100 valence electrons. The van der Waals surface area contributed by atoms with Crippen molar-refractivity contribution in [2.75, 3.05) is 13.2 Å². The zero-order chi connectivity index (χ0) is 13.0. The number of ether oxygens (including phenoxy) is 1. The van der Waals surface area contributed by atoms with Gasteiger partial charge in [0.05, 0.1) is 6.61 Å². The second kappa shape index (κ2) is 6.03. The van der Waals surface area contributed by atoms with Crippen LogP contribution in [0.4, 0.5) is 0 Å². The molecule has 0 radical (unpaired) electrons. The van der Waals surface area contributed by atoms with Gasteiger partial charge in [0.1, 0.15) is 0 Å². The van der Waals surface area contributed by atoms with E-state index in [2.05, 4.69) is 17.5 Å². The SMILES string of the molecule is CCOC(=O)CCCNC(=O)[C@@H]1C[C@H]2C=C[C@H]1C2. The van der Waals surface area contributed by atoms with Gasteiger partial charge in [0.2, 0.25) is 5.91 Å². The quantitative estimate of drug-likeness (QED) is 0.444. The second-order valence-electron chi connectivity index (χ2n) is 5.09. The van der Waals surface area contributed by atoms with E-state index in [1.54, 1.807) is 6.92 Å². The third-order valence-electron chi connectivity index (χ3n) is 3.78. The van der Waals surface area contributed by atoms with Crippen molar-refractivity contribution < 1.29 is 14.3 Å². The number of carbonyl (C=O) groups excluding carboxylic acids is 2. The minimum absolute atomic E-state index is 0.149. The lowest BCUT2D eigenvalue weighted by atomic mass is 9.93. The lowest BCUT2D eigenvalue weighted by Gasteiger charge is -2.17. The summed E-state index contributed by atoms with van der Waals surface area (Å²) in [5.41, 5.74) is 0. The number of amides is 1. The van der Waals surface area contributed by atoms with Crippen molar-refractivity contribution in [2.24, 2.45) is 17.8 Å². The van der Waals surface area contributed by atoms with Gasteiger partial charge in [-0.05, 0) is 38.0 Å². The molecule has 2 rings (SSSR count). The van der Waals surface area contributed by atoms with Gasteiger partial charge in [-0.3, -0.25) is 9.59 Å². The Morgan fingerprint density at radius 3 is 2.78 bits per heavy atom. The van der Waals surface area contributed by atoms with E-state index in [1.165, 1.54) is 0 Å². The predicted octanol–water partition coefficient (Wildman–Crippen LogP) is 1.66. The summed E-state index contributed by atoms with van der Waals surface area (Å²) in [7, 11) is 0. The van der Waals surface area contributed by atoms with Crippen molar-refractivity contribution in [1.82, 2.24) is 5.32 Å². The monoisotopic (exact) mass is 251 g/mol. The van der Waals surface area contributed by atoms with Crippen molar-refractivity contribution in [3.05, 3.63) is 12.2 Å². The van der Waals surface area contributed by atoms with Gasteiger partial charge in [-0.1, -0.05) is 12.2 Å². The van der Waals surface area contributed by atoms with Crippen LogP contribution in [0.3, 0.4) is 0 Å². The van der Waals surface area contributed by atoms with Crippen molar-refractivity contribution in [3.63, 3.8) is 0 Å². The Kier molecular flexibility index (Phi) is 4.39. The highest BCUT2D eigenvalue weighted by Crippen LogP contribution is 2.43. The van der Waals surface area contributed by atoms with E-state index < -0.39 is 0 Å². The molecule has 2 aliphatic rings. The normalized spacial score (nSPS) is 28.4. The number of esters is 1. The molecule has 0 unspecified atom stereocenters. The van der Waals surface area contributed by atoms with E-state index in [-0.39, 0.29) is 17.8 Å². The fourth-order valence-electron chi connectivity index (χ4n) is 2.89. The van der Waals surface area contributed by atoms with Gasteiger partial charge < -0.3 is 10.1 Å². The van der Waals surface area contributed by atoms with E-state index >= 15 is 0 Å². The summed E-state index contributed by atoms with van der Waals surface area (Å²) in [5, 5.41) is 2.93. The summed E-state index contributed by atoms with van der Waals surface area (Å²) < 4.78 is 4.83. The van der Waals surface area contributed by atoms with Crippen molar-refractivity contribution in [3.8, 4) is 0 Å². The standard InChI is InChI=1S/C14H21NO3/c1-2-18-13(16)4-3-7-15-14(17)12-9-10-5-6-11(12)8-10/h5-6,10-12H,2-4,7-9H2,1H3,(H,15,17)/t10-,11-,12+/m0/s1. The fraction of sp³-hybridized carbons (Fsp3) is 0.714. The Morgan fingerprint density at radius 2 is 2.17 bits per heavy atom. The largest absolute Gasteiger partial charge is 0.466 e. The fourth-order valence-corrected chi connectivity index (χ4v) is 2.89. The second-order valence-corrected chi connectivity index (χ2v) is 5.09. The van der Waals surface area contributed by atoms with E-state index in [4.69, 9.17) is 4.74 Å². The van der Waals surface area contributed by atoms with Gasteiger partial charge in [-0.2, -0.15) is 0 Å². The van der Waals surface area contributed by atoms with Gasteiger partial charge in [0.15, 0.2) is 0 Å². The molecule has 0 spiro atoms. The molecule has 1 amide bonds. The maximum absolute atomic E-state index is 11.9. The molecule has 1 saturated carbocycles. The molecule has 18 heavy (non-hydrogen) atoms. The number of hydrogen-bond donors (Lipinski definition) is 1. The molecule has 3 atom stereocenters. The van der Waals surface area contributed by atoms with Gasteiger partial charge in [0.25, 0.3) is 0 Å². The van der Waals surface area contributed by atoms with Crippen molar-refractivity contribution >= 4 is 11.9 Å². The molecule has 0 heterocycles. The molecule has 1 fully saturated rings. The minimum Gasteiger partial charge on any atom is -0.466 e. The Balaban J connectivity index is 1.61. The number of fused-ring (bicyclic) bond motifs is 2. The van der Waals surface area contributed by atoms with Crippen LogP contribution in [0.15, 0.2) is 12.2 Å². The molecule has 0 aromatic carbocycles. The van der Waals surface area contributed by atoms with Crippen LogP contribution in [-0.2, 0) is 14.3 Å². The maximum atomic E-state index is 11.9. The zero-order valence-electron chi connectivity index (χ0n) is 10.9. The minimum atomic E-state index is -0.186. The first-order chi connectivity index (χ1) is 8.70. The van der Waals surface area contributed by atoms with E-state index in [1.807, 2.05) is 0 Å². The number of allylic oxidation sites excluding steroid dienone is 2. The van der Waals surface area contributed by atoms with E-state index in [0.717, 1.165) is 12.8 Å². The van der Waals surface area contributed by atoms with Crippen LogP contribution in [0.25, 0.3) is 0 Å². The average molecular weight is 251 g/mol. The topological polar surface area (TPSA) is 55.4 Å². The Labute approximate surface area is 108 Å². The van der Waals surface area contributed by atoms with E-state index in [9.17, 15) is 9.59 Å². The predicted molar refractivity (Wildman–Crippen MR) is 67.7 cm³/mol. The van der Waals surface area contributed by atoms with Crippen molar-refractivity contribution in [2.45, 2.75) is 32.6 Å². The highest BCUT2D eigenvalue weighted by molar-refractivity contribution is 5.80. The molecular weight excluding hydrogens is 230 g/mol. The highest BCUT2D eigenvalue weighted by Gasteiger charge is 2.39. The maximum Gasteiger partial charge on any atom is 0.305 e. The Bertz CT molecular complexity index is 351. The first kappa shape index (κ1) is 13.1. The first-order valence-electron chi connectivity index (χ1n) is 6.82. The molecule has 0 aromatic heterocycles. The summed E-state index contributed by atoms with van der Waals surface area (Å²) >= 11 is 0. The van der Waals surface area contributed by atoms with E-state index in [0.29, 0.717) is 37.8 Å². The van der Waals surface area contributed by atoms with Crippen LogP contribution >= 0.6 is 0 Å². The van der Waals surface area contributed by atoms with Crippen LogP contribution in [0.5, 0.6) is 0 Å². The summed E-state index contributed by atoms with van der Waals surface area (Å²) in [6, 6.07) is 0. The molecule has 4 nitrogen and oxygen atoms in total. The summed E-state index contributed by atoms with van der Waals surface area (Å²) in [5.74, 6) is 1.18. The summed E-state index contributed by atoms with van der Waals surface area (Å²) in [6.45, 7) is 2.78. The third kappa shape index (κ3) is 3.12. The van der Waals surface area contributed by atoms with Gasteiger partial charge in [0, 0.05) is 18.9 Å². The molecule has 4 heteroatoms. The Morgan fingerprint density at radius 1 is 1.33 bits per heavy atom. The van der Waals surface area contributed by atoms with Crippen LogP contribution in [0.1, 0.15) is 32.6 Å². The summed E-state index contributed by atoms with van der Waals surface area (Å²) in [4.78, 5) is 23.0. The molecule has 2 bridgehead atoms. The van der Waals surface area contributed by atoms with Crippen molar-refractivity contribution in [1.29, 1.82) is 0 Å². The molecule has 0 saturated heterocycles. The lowest BCUT2D eigenvalue weighted by molar-refractivity contribution is -0.143. The van der Waals surface area contributed by atoms with Gasteiger partial charge in [-0.15, -0.1) is 0 Å². The molecule has 2 aliphatic carbocycles. The average Bonchev–Trinajstić information content (AvgIpc) is 2.97. The zero-order valence-corrected chi connectivity index (χ0v) is 10.9. The molecule has 0 aliphatic heterocycles. The number of carbonyl (C=O) groups is 2. The van der Waals surface area contributed by atoms with Gasteiger partial charge >= 0.3 is 5.97 Å². The smallest absolute Gasteiger partial charge is 0.305 e. The van der Waals surface area contributed by atoms with Crippen LogP contribution < -0.4 is 5.32 Å².